The van der Waals surface area contributed by atoms with Crippen molar-refractivity contribution in [2.24, 2.45) is 0 Å². The summed E-state index contributed by atoms with van der Waals surface area (Å²) in [5.74, 6) is -0.746. The van der Waals surface area contributed by atoms with Gasteiger partial charge in [-0.1, -0.05) is 90.8 Å². The number of nitrogens with one attached hydrogen (secondary N) is 1. The summed E-state index contributed by atoms with van der Waals surface area (Å²) in [7, 11) is -4.15. The molecule has 3 aromatic carbocycles. The van der Waals surface area contributed by atoms with Gasteiger partial charge in [0.05, 0.1) is 20.6 Å². The van der Waals surface area contributed by atoms with Crippen LogP contribution in [0.5, 0.6) is 0 Å². The molecule has 0 unspecified atom stereocenters. The summed E-state index contributed by atoms with van der Waals surface area (Å²) in [5.41, 5.74) is 3.68. The zero-order chi connectivity index (χ0) is 32.0. The third-order valence-corrected chi connectivity index (χ3v) is 10.7. The molecule has 0 radical (unpaired) electrons. The second kappa shape index (κ2) is 14.8. The van der Waals surface area contributed by atoms with E-state index in [0.29, 0.717) is 33.3 Å². The molecular weight excluding hydrogens is 617 g/mol. The van der Waals surface area contributed by atoms with Crippen molar-refractivity contribution < 1.29 is 18.0 Å². The molecule has 0 spiro atoms. The lowest BCUT2D eigenvalue weighted by molar-refractivity contribution is -0.140. The fraction of sp³-hybridized carbons (Fsp3) is 0.412. The van der Waals surface area contributed by atoms with Crippen LogP contribution in [0.3, 0.4) is 0 Å². The molecule has 0 aromatic heterocycles. The summed E-state index contributed by atoms with van der Waals surface area (Å²) in [6, 6.07) is 16.3. The molecule has 10 heteroatoms. The SMILES string of the molecule is CC[C@@H](C(=O)NC1CCCCC1)N(Cc1ccc(Cl)c(Cl)c1)C(=O)CN(c1ccc(C)cc1C)S(=O)(=O)c1ccc(C)cc1. The molecule has 1 fully saturated rings. The number of nitrogens with zero attached hydrogens (tertiary/aromatic N) is 2. The lowest BCUT2D eigenvalue weighted by Crippen LogP contribution is -2.54. The van der Waals surface area contributed by atoms with Gasteiger partial charge in [-0.25, -0.2) is 8.42 Å². The largest absolute Gasteiger partial charge is 0.352 e. The van der Waals surface area contributed by atoms with E-state index in [9.17, 15) is 18.0 Å². The first-order valence-electron chi connectivity index (χ1n) is 15.1. The molecule has 1 atom stereocenters. The molecule has 1 saturated carbocycles. The van der Waals surface area contributed by atoms with E-state index in [1.165, 1.54) is 4.90 Å². The predicted octanol–water partition coefficient (Wildman–Crippen LogP) is 7.37. The molecule has 0 aliphatic heterocycles. The van der Waals surface area contributed by atoms with Crippen molar-refractivity contribution in [3.05, 3.63) is 93.0 Å². The van der Waals surface area contributed by atoms with Gasteiger partial charge in [-0.2, -0.15) is 0 Å². The first-order valence-corrected chi connectivity index (χ1v) is 17.3. The van der Waals surface area contributed by atoms with Crippen molar-refractivity contribution in [3.63, 3.8) is 0 Å². The van der Waals surface area contributed by atoms with Crippen LogP contribution in [0.25, 0.3) is 0 Å². The van der Waals surface area contributed by atoms with Gasteiger partial charge in [-0.05, 0) is 81.5 Å². The van der Waals surface area contributed by atoms with Crippen molar-refractivity contribution in [2.75, 3.05) is 10.8 Å². The highest BCUT2D eigenvalue weighted by atomic mass is 35.5. The van der Waals surface area contributed by atoms with Gasteiger partial charge in [0.25, 0.3) is 10.0 Å². The minimum Gasteiger partial charge on any atom is -0.352 e. The molecule has 4 rings (SSSR count). The van der Waals surface area contributed by atoms with Gasteiger partial charge in [-0.15, -0.1) is 0 Å². The molecule has 1 aliphatic rings. The summed E-state index contributed by atoms with van der Waals surface area (Å²) in [6.45, 7) is 7.05. The van der Waals surface area contributed by atoms with Crippen LogP contribution in [0.1, 0.15) is 67.7 Å². The maximum atomic E-state index is 14.4. The first-order chi connectivity index (χ1) is 20.9. The Balaban J connectivity index is 1.74. The number of carbonyl (C=O) groups is 2. The standard InChI is InChI=1S/C34H41Cl2N3O4S/c1-5-31(34(41)37-27-9-7-6-8-10-27)38(21-26-14-17-29(35)30(36)20-26)33(40)22-39(32-18-13-24(3)19-25(32)4)44(42,43)28-15-11-23(2)12-16-28/h11-20,27,31H,5-10,21-22H2,1-4H3,(H,37,41)/t31-/m0/s1. The van der Waals surface area contributed by atoms with E-state index in [4.69, 9.17) is 23.2 Å². The van der Waals surface area contributed by atoms with E-state index in [0.717, 1.165) is 47.5 Å². The minimum absolute atomic E-state index is 0.0532. The predicted molar refractivity (Wildman–Crippen MR) is 178 cm³/mol. The Kier molecular flexibility index (Phi) is 11.4. The van der Waals surface area contributed by atoms with Crippen LogP contribution in [-0.2, 0) is 26.2 Å². The molecule has 236 valence electrons. The molecule has 7 nitrogen and oxygen atoms in total. The van der Waals surface area contributed by atoms with Crippen molar-refractivity contribution in [2.45, 2.75) is 89.7 Å². The first kappa shape index (κ1) is 33.8. The number of hydrogen-bond acceptors (Lipinski definition) is 4. The number of anilines is 1. The van der Waals surface area contributed by atoms with Crippen molar-refractivity contribution >= 4 is 50.7 Å². The molecule has 0 saturated heterocycles. The number of carbonyl (C=O) groups excluding carboxylic acids is 2. The van der Waals surface area contributed by atoms with Crippen molar-refractivity contribution in [1.29, 1.82) is 0 Å². The van der Waals surface area contributed by atoms with Gasteiger partial charge in [0, 0.05) is 12.6 Å². The second-order valence-electron chi connectivity index (χ2n) is 11.7. The fourth-order valence-corrected chi connectivity index (χ4v) is 7.53. The lowest BCUT2D eigenvalue weighted by Gasteiger charge is -2.35. The Morgan fingerprint density at radius 2 is 1.55 bits per heavy atom. The second-order valence-corrected chi connectivity index (χ2v) is 14.3. The van der Waals surface area contributed by atoms with Crippen LogP contribution in [0.4, 0.5) is 5.69 Å². The third-order valence-electron chi connectivity index (χ3n) is 8.18. The molecule has 3 aromatic rings. The molecule has 1 N–H and O–H groups in total. The van der Waals surface area contributed by atoms with Gasteiger partial charge < -0.3 is 10.2 Å². The van der Waals surface area contributed by atoms with E-state index < -0.39 is 28.5 Å². The minimum atomic E-state index is -4.15. The molecular formula is C34H41Cl2N3O4S. The van der Waals surface area contributed by atoms with Crippen LogP contribution < -0.4 is 9.62 Å². The number of rotatable bonds is 11. The summed E-state index contributed by atoms with van der Waals surface area (Å²) in [6.07, 6.45) is 5.40. The Bertz CT molecular complexity index is 1590. The monoisotopic (exact) mass is 657 g/mol. The molecule has 0 bridgehead atoms. The molecule has 0 heterocycles. The third kappa shape index (κ3) is 8.14. The van der Waals surface area contributed by atoms with Gasteiger partial charge in [0.1, 0.15) is 12.6 Å². The van der Waals surface area contributed by atoms with Crippen LogP contribution >= 0.6 is 23.2 Å². The Labute approximate surface area is 271 Å². The van der Waals surface area contributed by atoms with Crippen LogP contribution in [0.15, 0.2) is 65.6 Å². The van der Waals surface area contributed by atoms with E-state index in [-0.39, 0.29) is 23.4 Å². The lowest BCUT2D eigenvalue weighted by atomic mass is 9.95. The number of sulfonamides is 1. The van der Waals surface area contributed by atoms with Gasteiger partial charge >= 0.3 is 0 Å². The quantitative estimate of drug-likeness (QED) is 0.233. The maximum absolute atomic E-state index is 14.4. The summed E-state index contributed by atoms with van der Waals surface area (Å²) in [4.78, 5) is 29.6. The van der Waals surface area contributed by atoms with E-state index in [1.54, 1.807) is 48.5 Å². The van der Waals surface area contributed by atoms with Crippen molar-refractivity contribution in [1.82, 2.24) is 10.2 Å². The number of amides is 2. The summed E-state index contributed by atoms with van der Waals surface area (Å²) < 4.78 is 29.5. The van der Waals surface area contributed by atoms with Crippen LogP contribution in [-0.4, -0.2) is 43.8 Å². The van der Waals surface area contributed by atoms with E-state index >= 15 is 0 Å². The normalized spacial score (nSPS) is 14.6. The zero-order valence-electron chi connectivity index (χ0n) is 25.8. The topological polar surface area (TPSA) is 86.8 Å². The number of aryl methyl sites for hydroxylation is 3. The highest BCUT2D eigenvalue weighted by Crippen LogP contribution is 2.29. The highest BCUT2D eigenvalue weighted by Gasteiger charge is 2.35. The number of hydrogen-bond donors (Lipinski definition) is 1. The highest BCUT2D eigenvalue weighted by molar-refractivity contribution is 7.92. The molecule has 44 heavy (non-hydrogen) atoms. The van der Waals surface area contributed by atoms with Crippen molar-refractivity contribution in [3.8, 4) is 0 Å². The zero-order valence-corrected chi connectivity index (χ0v) is 28.1. The van der Waals surface area contributed by atoms with Gasteiger partial charge in [-0.3, -0.25) is 13.9 Å². The average molecular weight is 659 g/mol. The van der Waals surface area contributed by atoms with Gasteiger partial charge in [0.2, 0.25) is 11.8 Å². The molecule has 2 amide bonds. The molecule has 1 aliphatic carbocycles. The average Bonchev–Trinajstić information content (AvgIpc) is 2.98. The van der Waals surface area contributed by atoms with Gasteiger partial charge in [0.15, 0.2) is 0 Å². The number of benzene rings is 3. The summed E-state index contributed by atoms with van der Waals surface area (Å²) in [5, 5.41) is 3.87. The van der Waals surface area contributed by atoms with Crippen LogP contribution in [0.2, 0.25) is 10.0 Å². The van der Waals surface area contributed by atoms with E-state index in [2.05, 4.69) is 5.32 Å². The maximum Gasteiger partial charge on any atom is 0.264 e. The Hall–Kier alpha value is -3.07. The smallest absolute Gasteiger partial charge is 0.264 e. The number of halogens is 2. The van der Waals surface area contributed by atoms with Crippen LogP contribution in [0, 0.1) is 20.8 Å². The Morgan fingerprint density at radius 3 is 2.16 bits per heavy atom. The summed E-state index contributed by atoms with van der Waals surface area (Å²) >= 11 is 12.5. The fourth-order valence-electron chi connectivity index (χ4n) is 5.73. The Morgan fingerprint density at radius 1 is 0.886 bits per heavy atom. The van der Waals surface area contributed by atoms with E-state index in [1.807, 2.05) is 39.8 Å².